The molecule has 0 saturated heterocycles. The predicted molar refractivity (Wildman–Crippen MR) is 76.1 cm³/mol. The Balaban J connectivity index is 2.43. The number of rotatable bonds is 7. The Morgan fingerprint density at radius 2 is 2.18 bits per heavy atom. The fraction of sp³-hybridized carbons (Fsp3) is 0.571. The van der Waals surface area contributed by atoms with Crippen molar-refractivity contribution in [3.05, 3.63) is 34.3 Å². The van der Waals surface area contributed by atoms with E-state index >= 15 is 0 Å². The molecule has 2 atom stereocenters. The molecule has 0 radical (unpaired) electrons. The molecule has 2 nitrogen and oxygen atoms in total. The van der Waals surface area contributed by atoms with Crippen LogP contribution in [0.25, 0.3) is 0 Å². The molecule has 0 aliphatic heterocycles. The molecule has 17 heavy (non-hydrogen) atoms. The SMILES string of the molecule is CCC(NCCCC(C)O)c1cccc(Br)c1. The summed E-state index contributed by atoms with van der Waals surface area (Å²) in [6, 6.07) is 8.83. The molecule has 0 aliphatic rings. The van der Waals surface area contributed by atoms with Crippen LogP contribution in [0.2, 0.25) is 0 Å². The first-order valence-corrected chi connectivity index (χ1v) is 7.09. The fourth-order valence-corrected chi connectivity index (χ4v) is 2.31. The molecule has 2 unspecified atom stereocenters. The van der Waals surface area contributed by atoms with Gasteiger partial charge in [0.1, 0.15) is 0 Å². The van der Waals surface area contributed by atoms with Gasteiger partial charge in [0.2, 0.25) is 0 Å². The molecule has 0 amide bonds. The molecule has 1 rings (SSSR count). The Morgan fingerprint density at radius 3 is 2.76 bits per heavy atom. The van der Waals surface area contributed by atoms with E-state index in [-0.39, 0.29) is 6.10 Å². The second-order valence-corrected chi connectivity index (χ2v) is 5.38. The van der Waals surface area contributed by atoms with Crippen LogP contribution in [0.15, 0.2) is 28.7 Å². The Labute approximate surface area is 113 Å². The first-order chi connectivity index (χ1) is 8.13. The third kappa shape index (κ3) is 5.66. The van der Waals surface area contributed by atoms with Crippen molar-refractivity contribution in [2.75, 3.05) is 6.54 Å². The predicted octanol–water partition coefficient (Wildman–Crippen LogP) is 3.65. The van der Waals surface area contributed by atoms with E-state index in [0.717, 1.165) is 30.3 Å². The number of hydrogen-bond acceptors (Lipinski definition) is 2. The van der Waals surface area contributed by atoms with Crippen LogP contribution in [0.3, 0.4) is 0 Å². The van der Waals surface area contributed by atoms with Gasteiger partial charge in [0.25, 0.3) is 0 Å². The van der Waals surface area contributed by atoms with Gasteiger partial charge in [-0.3, -0.25) is 0 Å². The van der Waals surface area contributed by atoms with Gasteiger partial charge in [-0.15, -0.1) is 0 Å². The Kier molecular flexibility index (Phi) is 6.78. The molecule has 0 aliphatic carbocycles. The Bertz CT molecular complexity index is 328. The van der Waals surface area contributed by atoms with E-state index in [2.05, 4.69) is 46.4 Å². The van der Waals surface area contributed by atoms with Crippen molar-refractivity contribution in [1.82, 2.24) is 5.32 Å². The lowest BCUT2D eigenvalue weighted by molar-refractivity contribution is 0.181. The zero-order chi connectivity index (χ0) is 12.7. The summed E-state index contributed by atoms with van der Waals surface area (Å²) in [6.45, 7) is 4.98. The van der Waals surface area contributed by atoms with Crippen LogP contribution in [-0.4, -0.2) is 17.8 Å². The van der Waals surface area contributed by atoms with Crippen molar-refractivity contribution in [3.8, 4) is 0 Å². The number of halogens is 1. The lowest BCUT2D eigenvalue weighted by atomic mass is 10.0. The summed E-state index contributed by atoms with van der Waals surface area (Å²) in [6.07, 6.45) is 2.76. The van der Waals surface area contributed by atoms with Crippen molar-refractivity contribution >= 4 is 15.9 Å². The average Bonchev–Trinajstić information content (AvgIpc) is 2.29. The molecule has 0 fully saturated rings. The number of benzene rings is 1. The molecule has 1 aromatic carbocycles. The van der Waals surface area contributed by atoms with Gasteiger partial charge in [-0.25, -0.2) is 0 Å². The van der Waals surface area contributed by atoms with Gasteiger partial charge in [0, 0.05) is 10.5 Å². The maximum atomic E-state index is 9.19. The molecule has 0 heterocycles. The highest BCUT2D eigenvalue weighted by Crippen LogP contribution is 2.20. The van der Waals surface area contributed by atoms with E-state index in [1.54, 1.807) is 0 Å². The van der Waals surface area contributed by atoms with E-state index in [4.69, 9.17) is 0 Å². The highest BCUT2D eigenvalue weighted by Gasteiger charge is 2.08. The first-order valence-electron chi connectivity index (χ1n) is 6.30. The fourth-order valence-electron chi connectivity index (χ4n) is 1.89. The van der Waals surface area contributed by atoms with Crippen LogP contribution >= 0.6 is 15.9 Å². The lowest BCUT2D eigenvalue weighted by Gasteiger charge is -2.18. The summed E-state index contributed by atoms with van der Waals surface area (Å²) in [5.74, 6) is 0. The summed E-state index contributed by atoms with van der Waals surface area (Å²) < 4.78 is 1.12. The molecule has 3 heteroatoms. The smallest absolute Gasteiger partial charge is 0.0512 e. The molecule has 0 spiro atoms. The van der Waals surface area contributed by atoms with Gasteiger partial charge in [-0.2, -0.15) is 0 Å². The van der Waals surface area contributed by atoms with E-state index in [1.165, 1.54) is 5.56 Å². The van der Waals surface area contributed by atoms with Crippen LogP contribution < -0.4 is 5.32 Å². The van der Waals surface area contributed by atoms with E-state index in [9.17, 15) is 5.11 Å². The zero-order valence-corrected chi connectivity index (χ0v) is 12.2. The number of nitrogens with one attached hydrogen (secondary N) is 1. The molecule has 1 aromatic rings. The minimum absolute atomic E-state index is 0.192. The van der Waals surface area contributed by atoms with E-state index in [1.807, 2.05) is 13.0 Å². The standard InChI is InChI=1S/C14H22BrNO/c1-3-14(16-9-5-6-11(2)17)12-7-4-8-13(15)10-12/h4,7-8,10-11,14,16-17H,3,5-6,9H2,1-2H3. The summed E-state index contributed by atoms with van der Waals surface area (Å²) >= 11 is 3.50. The summed E-state index contributed by atoms with van der Waals surface area (Å²) in [4.78, 5) is 0. The van der Waals surface area contributed by atoms with Crippen molar-refractivity contribution in [2.45, 2.75) is 45.3 Å². The quantitative estimate of drug-likeness (QED) is 0.753. The van der Waals surface area contributed by atoms with Crippen molar-refractivity contribution in [3.63, 3.8) is 0 Å². The summed E-state index contributed by atoms with van der Waals surface area (Å²) in [5, 5.41) is 12.7. The molecular weight excluding hydrogens is 278 g/mol. The van der Waals surface area contributed by atoms with Gasteiger partial charge in [-0.1, -0.05) is 35.0 Å². The molecular formula is C14H22BrNO. The summed E-state index contributed by atoms with van der Waals surface area (Å²) in [7, 11) is 0. The molecule has 96 valence electrons. The van der Waals surface area contributed by atoms with Crippen LogP contribution in [-0.2, 0) is 0 Å². The largest absolute Gasteiger partial charge is 0.393 e. The minimum Gasteiger partial charge on any atom is -0.393 e. The van der Waals surface area contributed by atoms with E-state index in [0.29, 0.717) is 6.04 Å². The second kappa shape index (κ2) is 7.85. The Hall–Kier alpha value is -0.380. The minimum atomic E-state index is -0.192. The van der Waals surface area contributed by atoms with Crippen LogP contribution in [0.5, 0.6) is 0 Å². The topological polar surface area (TPSA) is 32.3 Å². The maximum Gasteiger partial charge on any atom is 0.0512 e. The van der Waals surface area contributed by atoms with Gasteiger partial charge < -0.3 is 10.4 Å². The number of aliphatic hydroxyl groups is 1. The maximum absolute atomic E-state index is 9.19. The first kappa shape index (κ1) is 14.7. The van der Waals surface area contributed by atoms with Gasteiger partial charge in [-0.05, 0) is 50.4 Å². The molecule has 2 N–H and O–H groups in total. The van der Waals surface area contributed by atoms with Crippen molar-refractivity contribution in [2.24, 2.45) is 0 Å². The van der Waals surface area contributed by atoms with Gasteiger partial charge in [0.15, 0.2) is 0 Å². The third-order valence-electron chi connectivity index (χ3n) is 2.85. The summed E-state index contributed by atoms with van der Waals surface area (Å²) in [5.41, 5.74) is 1.32. The normalized spacial score (nSPS) is 14.6. The monoisotopic (exact) mass is 299 g/mol. The molecule has 0 saturated carbocycles. The van der Waals surface area contributed by atoms with E-state index < -0.39 is 0 Å². The third-order valence-corrected chi connectivity index (χ3v) is 3.34. The van der Waals surface area contributed by atoms with Crippen LogP contribution in [0.1, 0.15) is 44.7 Å². The highest BCUT2D eigenvalue weighted by molar-refractivity contribution is 9.10. The van der Waals surface area contributed by atoms with Crippen molar-refractivity contribution in [1.29, 1.82) is 0 Å². The molecule has 0 aromatic heterocycles. The average molecular weight is 300 g/mol. The van der Waals surface area contributed by atoms with Gasteiger partial charge >= 0.3 is 0 Å². The number of hydrogen-bond donors (Lipinski definition) is 2. The molecule has 0 bridgehead atoms. The second-order valence-electron chi connectivity index (χ2n) is 4.46. The highest BCUT2D eigenvalue weighted by atomic mass is 79.9. The zero-order valence-electron chi connectivity index (χ0n) is 10.6. The van der Waals surface area contributed by atoms with Crippen LogP contribution in [0, 0.1) is 0 Å². The lowest BCUT2D eigenvalue weighted by Crippen LogP contribution is -2.22. The Morgan fingerprint density at radius 1 is 1.41 bits per heavy atom. The van der Waals surface area contributed by atoms with Crippen LogP contribution in [0.4, 0.5) is 0 Å². The van der Waals surface area contributed by atoms with Gasteiger partial charge in [0.05, 0.1) is 6.10 Å². The number of aliphatic hydroxyl groups excluding tert-OH is 1. The van der Waals surface area contributed by atoms with Crippen molar-refractivity contribution < 1.29 is 5.11 Å².